The van der Waals surface area contributed by atoms with Gasteiger partial charge in [0.2, 0.25) is 0 Å². The minimum atomic E-state index is -0.774. The zero-order valence-corrected chi connectivity index (χ0v) is 9.63. The van der Waals surface area contributed by atoms with Crippen molar-refractivity contribution in [3.63, 3.8) is 0 Å². The first kappa shape index (κ1) is 12.2. The molecule has 0 radical (unpaired) electrons. The molecule has 0 aromatic heterocycles. The van der Waals surface area contributed by atoms with Gasteiger partial charge in [0, 0.05) is 25.2 Å². The van der Waals surface area contributed by atoms with Crippen LogP contribution in [0, 0.1) is 24.5 Å². The summed E-state index contributed by atoms with van der Waals surface area (Å²) in [6, 6.07) is 2.07. The molecule has 0 bridgehead atoms. The van der Waals surface area contributed by atoms with Crippen LogP contribution < -0.4 is 0 Å². The molecule has 1 aliphatic rings. The number of hydrogen-bond donors (Lipinski definition) is 0. The molecule has 17 heavy (non-hydrogen) atoms. The number of aryl methyl sites for hydroxylation is 1. The molecule has 92 valence electrons. The monoisotopic (exact) mass is 240 g/mol. The summed E-state index contributed by atoms with van der Waals surface area (Å²) in [5.41, 5.74) is 0.289. The summed E-state index contributed by atoms with van der Waals surface area (Å²) in [5.74, 6) is -1.84. The van der Waals surface area contributed by atoms with Crippen LogP contribution in [-0.2, 0) is 4.74 Å². The van der Waals surface area contributed by atoms with Crippen molar-refractivity contribution in [2.45, 2.75) is 19.8 Å². The van der Waals surface area contributed by atoms with Gasteiger partial charge in [-0.25, -0.2) is 8.78 Å². The average Bonchev–Trinajstić information content (AvgIpc) is 2.34. The predicted octanol–water partition coefficient (Wildman–Crippen LogP) is 2.88. The first-order valence-corrected chi connectivity index (χ1v) is 5.67. The molecule has 1 aliphatic heterocycles. The van der Waals surface area contributed by atoms with Crippen LogP contribution in [-0.4, -0.2) is 19.0 Å². The first-order valence-electron chi connectivity index (χ1n) is 5.67. The van der Waals surface area contributed by atoms with Gasteiger partial charge in [-0.2, -0.15) is 0 Å². The molecule has 1 heterocycles. The Labute approximate surface area is 98.6 Å². The molecule has 0 atom stereocenters. The van der Waals surface area contributed by atoms with Gasteiger partial charge >= 0.3 is 0 Å². The molecule has 1 aromatic carbocycles. The molecule has 0 spiro atoms. The van der Waals surface area contributed by atoms with Crippen LogP contribution in [0.3, 0.4) is 0 Å². The Bertz CT molecular complexity index is 437. The first-order chi connectivity index (χ1) is 8.09. The maximum absolute atomic E-state index is 13.5. The van der Waals surface area contributed by atoms with Crippen LogP contribution >= 0.6 is 0 Å². The smallest absolute Gasteiger partial charge is 0.169 e. The number of Topliss-reactive ketones (excluding diaryl/α,β-unsaturated/α-hetero) is 1. The SMILES string of the molecule is Cc1cc(C(=O)C2CCOCC2)c(F)cc1F. The van der Waals surface area contributed by atoms with Gasteiger partial charge < -0.3 is 4.74 Å². The van der Waals surface area contributed by atoms with Gasteiger partial charge in [-0.15, -0.1) is 0 Å². The second-order valence-corrected chi connectivity index (χ2v) is 4.33. The highest BCUT2D eigenvalue weighted by atomic mass is 19.1. The van der Waals surface area contributed by atoms with Crippen molar-refractivity contribution in [2.24, 2.45) is 5.92 Å². The number of carbonyl (C=O) groups excluding carboxylic acids is 1. The third-order valence-electron chi connectivity index (χ3n) is 3.11. The summed E-state index contributed by atoms with van der Waals surface area (Å²) in [6.07, 6.45) is 1.21. The van der Waals surface area contributed by atoms with Crippen LogP contribution in [0.4, 0.5) is 8.78 Å². The van der Waals surface area contributed by atoms with E-state index in [2.05, 4.69) is 0 Å². The Morgan fingerprint density at radius 3 is 2.53 bits per heavy atom. The quantitative estimate of drug-likeness (QED) is 0.743. The van der Waals surface area contributed by atoms with Crippen molar-refractivity contribution < 1.29 is 18.3 Å². The molecule has 0 N–H and O–H groups in total. The molecule has 1 saturated heterocycles. The van der Waals surface area contributed by atoms with Crippen LogP contribution in [0.25, 0.3) is 0 Å². The number of ketones is 1. The van der Waals surface area contributed by atoms with E-state index in [1.54, 1.807) is 0 Å². The number of ether oxygens (including phenoxy) is 1. The van der Waals surface area contributed by atoms with Gasteiger partial charge in [-0.05, 0) is 31.4 Å². The van der Waals surface area contributed by atoms with E-state index in [0.717, 1.165) is 6.07 Å². The topological polar surface area (TPSA) is 26.3 Å². The lowest BCUT2D eigenvalue weighted by molar-refractivity contribution is 0.0542. The summed E-state index contributed by atoms with van der Waals surface area (Å²) in [5, 5.41) is 0. The second-order valence-electron chi connectivity index (χ2n) is 4.33. The maximum atomic E-state index is 13.5. The highest BCUT2D eigenvalue weighted by Gasteiger charge is 2.25. The van der Waals surface area contributed by atoms with Crippen molar-refractivity contribution in [3.8, 4) is 0 Å². The highest BCUT2D eigenvalue weighted by Crippen LogP contribution is 2.23. The van der Waals surface area contributed by atoms with Crippen molar-refractivity contribution in [3.05, 3.63) is 34.9 Å². The molecule has 2 nitrogen and oxygen atoms in total. The van der Waals surface area contributed by atoms with Crippen molar-refractivity contribution in [1.29, 1.82) is 0 Å². The number of benzene rings is 1. The Morgan fingerprint density at radius 1 is 1.24 bits per heavy atom. The van der Waals surface area contributed by atoms with Crippen molar-refractivity contribution in [1.82, 2.24) is 0 Å². The Balaban J connectivity index is 2.26. The van der Waals surface area contributed by atoms with E-state index in [1.165, 1.54) is 13.0 Å². The molecular formula is C13H14F2O2. The van der Waals surface area contributed by atoms with Gasteiger partial charge in [-0.1, -0.05) is 0 Å². The van der Waals surface area contributed by atoms with Crippen molar-refractivity contribution >= 4 is 5.78 Å². The number of hydrogen-bond acceptors (Lipinski definition) is 2. The molecule has 1 aromatic rings. The Morgan fingerprint density at radius 2 is 1.88 bits per heavy atom. The summed E-state index contributed by atoms with van der Waals surface area (Å²) >= 11 is 0. The summed E-state index contributed by atoms with van der Waals surface area (Å²) in [4.78, 5) is 12.1. The van der Waals surface area contributed by atoms with Crippen LogP contribution in [0.15, 0.2) is 12.1 Å². The van der Waals surface area contributed by atoms with E-state index >= 15 is 0 Å². The standard InChI is InChI=1S/C13H14F2O2/c1-8-6-10(12(15)7-11(8)14)13(16)9-2-4-17-5-3-9/h6-7,9H,2-5H2,1H3. The van der Waals surface area contributed by atoms with E-state index < -0.39 is 11.6 Å². The summed E-state index contributed by atoms with van der Waals surface area (Å²) in [7, 11) is 0. The van der Waals surface area contributed by atoms with Gasteiger partial charge in [0.25, 0.3) is 0 Å². The predicted molar refractivity (Wildman–Crippen MR) is 59.0 cm³/mol. The molecule has 0 unspecified atom stereocenters. The minimum Gasteiger partial charge on any atom is -0.381 e. The summed E-state index contributed by atoms with van der Waals surface area (Å²) < 4.78 is 31.8. The average molecular weight is 240 g/mol. The zero-order chi connectivity index (χ0) is 12.4. The number of carbonyl (C=O) groups is 1. The molecular weight excluding hydrogens is 226 g/mol. The van der Waals surface area contributed by atoms with Gasteiger partial charge in [0.05, 0.1) is 5.56 Å². The molecule has 2 rings (SSSR count). The fraction of sp³-hybridized carbons (Fsp3) is 0.462. The van der Waals surface area contributed by atoms with E-state index in [4.69, 9.17) is 4.74 Å². The van der Waals surface area contributed by atoms with Gasteiger partial charge in [0.1, 0.15) is 11.6 Å². The van der Waals surface area contributed by atoms with Crippen LogP contribution in [0.2, 0.25) is 0 Å². The molecule has 0 saturated carbocycles. The van der Waals surface area contributed by atoms with Crippen LogP contribution in [0.5, 0.6) is 0 Å². The van der Waals surface area contributed by atoms with Gasteiger partial charge in [-0.3, -0.25) is 4.79 Å². The normalized spacial score (nSPS) is 17.1. The number of halogens is 2. The van der Waals surface area contributed by atoms with Crippen molar-refractivity contribution in [2.75, 3.05) is 13.2 Å². The summed E-state index contributed by atoms with van der Waals surface area (Å²) in [6.45, 7) is 2.58. The molecule has 1 fully saturated rings. The molecule has 4 heteroatoms. The fourth-order valence-corrected chi connectivity index (χ4v) is 2.03. The molecule has 0 amide bonds. The van der Waals surface area contributed by atoms with E-state index in [9.17, 15) is 13.6 Å². The number of rotatable bonds is 2. The second kappa shape index (κ2) is 4.92. The minimum absolute atomic E-state index is 0.00389. The van der Waals surface area contributed by atoms with E-state index in [-0.39, 0.29) is 17.3 Å². The lowest BCUT2D eigenvalue weighted by Crippen LogP contribution is -2.24. The maximum Gasteiger partial charge on any atom is 0.169 e. The lowest BCUT2D eigenvalue weighted by Gasteiger charge is -2.21. The zero-order valence-electron chi connectivity index (χ0n) is 9.63. The largest absolute Gasteiger partial charge is 0.381 e. The third kappa shape index (κ3) is 2.52. The van der Waals surface area contributed by atoms with Gasteiger partial charge in [0.15, 0.2) is 5.78 Å². The Kier molecular flexibility index (Phi) is 3.52. The lowest BCUT2D eigenvalue weighted by atomic mass is 9.90. The highest BCUT2D eigenvalue weighted by molar-refractivity contribution is 5.98. The van der Waals surface area contributed by atoms with Crippen LogP contribution in [0.1, 0.15) is 28.8 Å². The Hall–Kier alpha value is -1.29. The molecule has 0 aliphatic carbocycles. The van der Waals surface area contributed by atoms with E-state index in [0.29, 0.717) is 31.6 Å². The van der Waals surface area contributed by atoms with E-state index in [1.807, 2.05) is 0 Å². The fourth-order valence-electron chi connectivity index (χ4n) is 2.03. The third-order valence-corrected chi connectivity index (χ3v) is 3.11.